The quantitative estimate of drug-likeness (QED) is 0.737. The minimum atomic E-state index is 0.621. The van der Waals surface area contributed by atoms with E-state index in [1.54, 1.807) is 0 Å². The van der Waals surface area contributed by atoms with Crippen molar-refractivity contribution >= 4 is 15.9 Å². The lowest BCUT2D eigenvalue weighted by Crippen LogP contribution is -2.29. The van der Waals surface area contributed by atoms with Crippen LogP contribution in [0, 0.1) is 0 Å². The lowest BCUT2D eigenvalue weighted by Gasteiger charge is -2.25. The lowest BCUT2D eigenvalue weighted by molar-refractivity contribution is 0.234. The maximum Gasteiger partial charge on any atom is 0.0244 e. The molecule has 0 aromatic heterocycles. The molecule has 0 amide bonds. The highest BCUT2D eigenvalue weighted by Crippen LogP contribution is 2.18. The van der Waals surface area contributed by atoms with Crippen molar-refractivity contribution in [2.75, 3.05) is 20.1 Å². The van der Waals surface area contributed by atoms with Gasteiger partial charge in [-0.1, -0.05) is 41.1 Å². The number of nitrogens with zero attached hydrogens (tertiary/aromatic N) is 1. The van der Waals surface area contributed by atoms with Crippen molar-refractivity contribution in [3.63, 3.8) is 0 Å². The molecule has 0 aliphatic carbocycles. The first-order valence-electron chi connectivity index (χ1n) is 6.79. The molecule has 0 heterocycles. The fourth-order valence-electron chi connectivity index (χ4n) is 1.97. The monoisotopic (exact) mass is 312 g/mol. The van der Waals surface area contributed by atoms with Crippen LogP contribution in [0.25, 0.3) is 0 Å². The van der Waals surface area contributed by atoms with E-state index in [0.717, 1.165) is 19.6 Å². The molecule has 1 atom stereocenters. The van der Waals surface area contributed by atoms with E-state index in [0.29, 0.717) is 6.04 Å². The van der Waals surface area contributed by atoms with Crippen LogP contribution < -0.4 is 5.32 Å². The van der Waals surface area contributed by atoms with Gasteiger partial charge >= 0.3 is 0 Å². The Balaban J connectivity index is 2.35. The molecular weight excluding hydrogens is 288 g/mol. The molecule has 18 heavy (non-hydrogen) atoms. The number of benzene rings is 1. The second-order valence-corrected chi connectivity index (χ2v) is 5.71. The summed E-state index contributed by atoms with van der Waals surface area (Å²) in [6, 6.07) is 9.08. The van der Waals surface area contributed by atoms with E-state index in [4.69, 9.17) is 0 Å². The van der Waals surface area contributed by atoms with Gasteiger partial charge < -0.3 is 5.32 Å². The molecular formula is C15H25BrN2. The summed E-state index contributed by atoms with van der Waals surface area (Å²) < 4.78 is 1.21. The Labute approximate surface area is 120 Å². The highest BCUT2D eigenvalue weighted by Gasteiger charge is 2.10. The van der Waals surface area contributed by atoms with Gasteiger partial charge in [-0.3, -0.25) is 4.90 Å². The van der Waals surface area contributed by atoms with Gasteiger partial charge in [-0.25, -0.2) is 0 Å². The smallest absolute Gasteiger partial charge is 0.0244 e. The molecule has 3 heteroatoms. The Morgan fingerprint density at radius 2 is 2.06 bits per heavy atom. The van der Waals surface area contributed by atoms with Gasteiger partial charge in [-0.05, 0) is 51.5 Å². The Kier molecular flexibility index (Phi) is 7.56. The van der Waals surface area contributed by atoms with Gasteiger partial charge in [0.15, 0.2) is 0 Å². The first-order valence-corrected chi connectivity index (χ1v) is 7.58. The van der Waals surface area contributed by atoms with E-state index < -0.39 is 0 Å². The van der Waals surface area contributed by atoms with Crippen LogP contribution in [0.15, 0.2) is 28.7 Å². The number of hydrogen-bond acceptors (Lipinski definition) is 2. The molecule has 1 aromatic rings. The van der Waals surface area contributed by atoms with E-state index in [1.807, 2.05) is 0 Å². The van der Waals surface area contributed by atoms with Crippen LogP contribution >= 0.6 is 15.9 Å². The zero-order valence-electron chi connectivity index (χ0n) is 11.7. The summed E-state index contributed by atoms with van der Waals surface area (Å²) in [6.45, 7) is 7.67. The summed E-state index contributed by atoms with van der Waals surface area (Å²) in [5.41, 5.74) is 1.36. The minimum absolute atomic E-state index is 0.621. The molecule has 1 aromatic carbocycles. The average molecular weight is 313 g/mol. The average Bonchev–Trinajstić information content (AvgIpc) is 2.37. The molecule has 0 aliphatic rings. The summed E-state index contributed by atoms with van der Waals surface area (Å²) in [6.07, 6.45) is 2.49. The highest BCUT2D eigenvalue weighted by molar-refractivity contribution is 9.10. The third-order valence-electron chi connectivity index (χ3n) is 3.36. The van der Waals surface area contributed by atoms with Crippen LogP contribution in [-0.4, -0.2) is 31.1 Å². The molecule has 102 valence electrons. The van der Waals surface area contributed by atoms with Crippen molar-refractivity contribution in [3.8, 4) is 0 Å². The van der Waals surface area contributed by atoms with Crippen molar-refractivity contribution in [2.24, 2.45) is 0 Å². The molecule has 0 aliphatic heterocycles. The minimum Gasteiger partial charge on any atom is -0.317 e. The van der Waals surface area contributed by atoms with E-state index in [-0.39, 0.29) is 0 Å². The number of nitrogens with one attached hydrogen (secondary N) is 1. The zero-order valence-corrected chi connectivity index (χ0v) is 13.3. The van der Waals surface area contributed by atoms with Gasteiger partial charge in [0.05, 0.1) is 0 Å². The van der Waals surface area contributed by atoms with Gasteiger partial charge in [0, 0.05) is 17.1 Å². The molecule has 0 saturated carbocycles. The van der Waals surface area contributed by atoms with Gasteiger partial charge in [0.2, 0.25) is 0 Å². The normalized spacial score (nSPS) is 12.9. The van der Waals surface area contributed by atoms with E-state index in [2.05, 4.69) is 71.3 Å². The molecule has 1 N–H and O–H groups in total. The first-order chi connectivity index (χ1) is 8.65. The first kappa shape index (κ1) is 15.7. The van der Waals surface area contributed by atoms with Crippen molar-refractivity contribution in [1.82, 2.24) is 10.2 Å². The van der Waals surface area contributed by atoms with E-state index in [9.17, 15) is 0 Å². The van der Waals surface area contributed by atoms with Gasteiger partial charge in [-0.2, -0.15) is 0 Å². The molecule has 1 unspecified atom stereocenters. The Hall–Kier alpha value is -0.380. The maximum absolute atomic E-state index is 3.61. The van der Waals surface area contributed by atoms with Crippen LogP contribution in [0.4, 0.5) is 0 Å². The molecule has 0 fully saturated rings. The van der Waals surface area contributed by atoms with Crippen LogP contribution in [-0.2, 0) is 6.54 Å². The second-order valence-electron chi connectivity index (χ2n) is 4.85. The topological polar surface area (TPSA) is 15.3 Å². The van der Waals surface area contributed by atoms with Crippen LogP contribution in [0.1, 0.15) is 32.3 Å². The Morgan fingerprint density at radius 3 is 2.72 bits per heavy atom. The summed E-state index contributed by atoms with van der Waals surface area (Å²) in [5, 5.41) is 3.38. The molecule has 0 bridgehead atoms. The van der Waals surface area contributed by atoms with Crippen molar-refractivity contribution < 1.29 is 0 Å². The van der Waals surface area contributed by atoms with E-state index >= 15 is 0 Å². The van der Waals surface area contributed by atoms with Crippen LogP contribution in [0.2, 0.25) is 0 Å². The van der Waals surface area contributed by atoms with E-state index in [1.165, 1.54) is 22.9 Å². The summed E-state index contributed by atoms with van der Waals surface area (Å²) >= 11 is 3.61. The zero-order chi connectivity index (χ0) is 13.4. The molecule has 0 saturated heterocycles. The summed E-state index contributed by atoms with van der Waals surface area (Å²) in [7, 11) is 2.21. The molecule has 0 spiro atoms. The molecule has 1 rings (SSSR count). The highest BCUT2D eigenvalue weighted by atomic mass is 79.9. The maximum atomic E-state index is 3.61. The van der Waals surface area contributed by atoms with Crippen molar-refractivity contribution in [3.05, 3.63) is 34.3 Å². The Morgan fingerprint density at radius 1 is 1.33 bits per heavy atom. The van der Waals surface area contributed by atoms with Gasteiger partial charge in [0.1, 0.15) is 0 Å². The standard InChI is InChI=1S/C15H25BrN2/c1-4-17-11-7-8-13(2)18(3)12-14-9-5-6-10-15(14)16/h5-6,9-10,13,17H,4,7-8,11-12H2,1-3H3. The van der Waals surface area contributed by atoms with Crippen LogP contribution in [0.3, 0.4) is 0 Å². The Bertz CT molecular complexity index is 341. The lowest BCUT2D eigenvalue weighted by atomic mass is 10.1. The predicted molar refractivity (Wildman–Crippen MR) is 82.8 cm³/mol. The number of halogens is 1. The third kappa shape index (κ3) is 5.51. The fraction of sp³-hybridized carbons (Fsp3) is 0.600. The summed E-state index contributed by atoms with van der Waals surface area (Å²) in [5.74, 6) is 0. The third-order valence-corrected chi connectivity index (χ3v) is 4.13. The summed E-state index contributed by atoms with van der Waals surface area (Å²) in [4.78, 5) is 2.42. The largest absolute Gasteiger partial charge is 0.317 e. The molecule has 0 radical (unpaired) electrons. The SMILES string of the molecule is CCNCCCC(C)N(C)Cc1ccccc1Br. The number of rotatable bonds is 8. The van der Waals surface area contributed by atoms with Gasteiger partial charge in [-0.15, -0.1) is 0 Å². The van der Waals surface area contributed by atoms with Crippen LogP contribution in [0.5, 0.6) is 0 Å². The second kappa shape index (κ2) is 8.68. The van der Waals surface area contributed by atoms with Crippen molar-refractivity contribution in [1.29, 1.82) is 0 Å². The fourth-order valence-corrected chi connectivity index (χ4v) is 2.38. The van der Waals surface area contributed by atoms with Gasteiger partial charge in [0.25, 0.3) is 0 Å². The predicted octanol–water partition coefficient (Wildman–Crippen LogP) is 3.66. The van der Waals surface area contributed by atoms with Crippen molar-refractivity contribution in [2.45, 2.75) is 39.3 Å². The molecule has 2 nitrogen and oxygen atoms in total. The number of hydrogen-bond donors (Lipinski definition) is 1.